The molecule has 0 aliphatic rings. The average Bonchev–Trinajstić information content (AvgIpc) is 2.43. The molecule has 0 aromatic heterocycles. The smallest absolute Gasteiger partial charge is 0.261 e. The number of aryl methyl sites for hydroxylation is 3. The first-order valence-electron chi connectivity index (χ1n) is 7.17. The van der Waals surface area contributed by atoms with Gasteiger partial charge in [0.2, 0.25) is 5.91 Å². The quantitative estimate of drug-likeness (QED) is 0.901. The second-order valence-electron chi connectivity index (χ2n) is 5.58. The third-order valence-electron chi connectivity index (χ3n) is 3.40. The highest BCUT2D eigenvalue weighted by molar-refractivity contribution is 7.92. The van der Waals surface area contributed by atoms with Crippen molar-refractivity contribution in [2.75, 3.05) is 10.0 Å². The molecule has 0 radical (unpaired) electrons. The fourth-order valence-corrected chi connectivity index (χ4v) is 3.66. The van der Waals surface area contributed by atoms with Gasteiger partial charge in [-0.3, -0.25) is 9.52 Å². The minimum absolute atomic E-state index is 0.144. The van der Waals surface area contributed by atoms with Crippen molar-refractivity contribution in [1.29, 1.82) is 0 Å². The summed E-state index contributed by atoms with van der Waals surface area (Å²) < 4.78 is 27.7. The maximum Gasteiger partial charge on any atom is 0.261 e. The summed E-state index contributed by atoms with van der Waals surface area (Å²) in [5.74, 6) is -0.204. The molecule has 0 spiro atoms. The van der Waals surface area contributed by atoms with Crippen LogP contribution in [0.2, 0.25) is 0 Å². The van der Waals surface area contributed by atoms with Crippen LogP contribution in [0, 0.1) is 20.8 Å². The van der Waals surface area contributed by atoms with Crippen LogP contribution in [-0.4, -0.2) is 14.3 Å². The van der Waals surface area contributed by atoms with E-state index in [0.717, 1.165) is 16.7 Å². The van der Waals surface area contributed by atoms with Gasteiger partial charge in [0.05, 0.1) is 10.6 Å². The number of benzene rings is 2. The molecule has 2 aromatic rings. The Morgan fingerprint density at radius 2 is 1.48 bits per heavy atom. The van der Waals surface area contributed by atoms with Crippen molar-refractivity contribution >= 4 is 27.3 Å². The molecule has 0 aliphatic carbocycles. The molecular formula is C17H20N2O3S. The Morgan fingerprint density at radius 3 is 1.96 bits per heavy atom. The lowest BCUT2D eigenvalue weighted by Crippen LogP contribution is -2.15. The fourth-order valence-electron chi connectivity index (χ4n) is 2.45. The van der Waals surface area contributed by atoms with Gasteiger partial charge in [0, 0.05) is 12.6 Å². The summed E-state index contributed by atoms with van der Waals surface area (Å²) in [5, 5.41) is 2.60. The first kappa shape index (κ1) is 17.0. The molecule has 0 aliphatic heterocycles. The van der Waals surface area contributed by atoms with E-state index >= 15 is 0 Å². The lowest BCUT2D eigenvalue weighted by atomic mass is 10.1. The van der Waals surface area contributed by atoms with Gasteiger partial charge in [-0.1, -0.05) is 17.7 Å². The number of carbonyl (C=O) groups is 1. The summed E-state index contributed by atoms with van der Waals surface area (Å²) in [6.45, 7) is 7.11. The Labute approximate surface area is 136 Å². The van der Waals surface area contributed by atoms with Crippen LogP contribution in [0.1, 0.15) is 23.6 Å². The molecule has 2 N–H and O–H groups in total. The zero-order chi connectivity index (χ0) is 17.2. The molecule has 122 valence electrons. The zero-order valence-electron chi connectivity index (χ0n) is 13.6. The van der Waals surface area contributed by atoms with Crippen molar-refractivity contribution in [3.8, 4) is 0 Å². The highest BCUT2D eigenvalue weighted by atomic mass is 32.2. The highest BCUT2D eigenvalue weighted by Crippen LogP contribution is 2.25. The molecule has 0 saturated heterocycles. The van der Waals surface area contributed by atoms with Crippen LogP contribution in [0.15, 0.2) is 41.3 Å². The van der Waals surface area contributed by atoms with Crippen LogP contribution in [0.25, 0.3) is 0 Å². The van der Waals surface area contributed by atoms with Crippen LogP contribution in [-0.2, 0) is 14.8 Å². The van der Waals surface area contributed by atoms with E-state index in [0.29, 0.717) is 11.4 Å². The first-order valence-corrected chi connectivity index (χ1v) is 8.65. The number of carbonyl (C=O) groups excluding carboxylic acids is 1. The summed E-state index contributed by atoms with van der Waals surface area (Å²) in [5.41, 5.74) is 3.99. The Bertz CT molecular complexity index is 818. The molecule has 0 bridgehead atoms. The van der Waals surface area contributed by atoms with E-state index in [1.54, 1.807) is 12.1 Å². The van der Waals surface area contributed by atoms with E-state index in [9.17, 15) is 13.2 Å². The van der Waals surface area contributed by atoms with Crippen LogP contribution in [0.3, 0.4) is 0 Å². The molecule has 2 aromatic carbocycles. The number of anilines is 2. The number of hydrogen-bond acceptors (Lipinski definition) is 3. The summed E-state index contributed by atoms with van der Waals surface area (Å²) >= 11 is 0. The molecule has 23 heavy (non-hydrogen) atoms. The maximum absolute atomic E-state index is 12.5. The van der Waals surface area contributed by atoms with Gasteiger partial charge in [-0.05, 0) is 56.2 Å². The van der Waals surface area contributed by atoms with Gasteiger partial charge in [-0.25, -0.2) is 8.42 Å². The Balaban J connectivity index is 2.31. The lowest BCUT2D eigenvalue weighted by Gasteiger charge is -2.14. The third-order valence-corrected chi connectivity index (χ3v) is 4.76. The normalized spacial score (nSPS) is 11.1. The number of rotatable bonds is 4. The monoisotopic (exact) mass is 332 g/mol. The predicted octanol–water partition coefficient (Wildman–Crippen LogP) is 3.37. The van der Waals surface area contributed by atoms with Crippen molar-refractivity contribution < 1.29 is 13.2 Å². The van der Waals surface area contributed by atoms with E-state index in [1.165, 1.54) is 19.1 Å². The van der Waals surface area contributed by atoms with Crippen LogP contribution < -0.4 is 10.0 Å². The standard InChI is InChI=1S/C17H20N2O3S/c1-11-9-12(2)17(13(3)10-11)19-23(21,22)16-7-5-15(6-8-16)18-14(4)20/h5-10,19H,1-4H3,(H,18,20). The van der Waals surface area contributed by atoms with Crippen LogP contribution in [0.4, 0.5) is 11.4 Å². The van der Waals surface area contributed by atoms with E-state index in [-0.39, 0.29) is 10.8 Å². The largest absolute Gasteiger partial charge is 0.326 e. The van der Waals surface area contributed by atoms with Gasteiger partial charge in [0.1, 0.15) is 0 Å². The summed E-state index contributed by atoms with van der Waals surface area (Å²) in [7, 11) is -3.68. The molecule has 2 rings (SSSR count). The van der Waals surface area contributed by atoms with E-state index in [2.05, 4.69) is 10.0 Å². The van der Waals surface area contributed by atoms with Gasteiger partial charge in [0.25, 0.3) is 10.0 Å². The molecule has 0 fully saturated rings. The molecule has 1 amide bonds. The summed E-state index contributed by atoms with van der Waals surface area (Å²) in [6, 6.07) is 9.92. The summed E-state index contributed by atoms with van der Waals surface area (Å²) in [6.07, 6.45) is 0. The Kier molecular flexibility index (Phi) is 4.75. The van der Waals surface area contributed by atoms with Gasteiger partial charge >= 0.3 is 0 Å². The van der Waals surface area contributed by atoms with Gasteiger partial charge < -0.3 is 5.32 Å². The molecular weight excluding hydrogens is 312 g/mol. The third kappa shape index (κ3) is 4.10. The minimum Gasteiger partial charge on any atom is -0.326 e. The minimum atomic E-state index is -3.68. The lowest BCUT2D eigenvalue weighted by molar-refractivity contribution is -0.114. The molecule has 6 heteroatoms. The van der Waals surface area contributed by atoms with Crippen LogP contribution >= 0.6 is 0 Å². The topological polar surface area (TPSA) is 75.3 Å². The Hall–Kier alpha value is -2.34. The van der Waals surface area contributed by atoms with Gasteiger partial charge in [-0.2, -0.15) is 0 Å². The SMILES string of the molecule is CC(=O)Nc1ccc(S(=O)(=O)Nc2c(C)cc(C)cc2C)cc1. The fraction of sp³-hybridized carbons (Fsp3) is 0.235. The highest BCUT2D eigenvalue weighted by Gasteiger charge is 2.16. The van der Waals surface area contributed by atoms with Crippen molar-refractivity contribution in [2.24, 2.45) is 0 Å². The second kappa shape index (κ2) is 6.42. The van der Waals surface area contributed by atoms with Crippen LogP contribution in [0.5, 0.6) is 0 Å². The number of sulfonamides is 1. The first-order chi connectivity index (χ1) is 10.7. The molecule has 0 saturated carbocycles. The van der Waals surface area contributed by atoms with Gasteiger partial charge in [0.15, 0.2) is 0 Å². The van der Waals surface area contributed by atoms with Crippen molar-refractivity contribution in [1.82, 2.24) is 0 Å². The molecule has 0 heterocycles. The zero-order valence-corrected chi connectivity index (χ0v) is 14.4. The molecule has 0 unspecified atom stereocenters. The number of nitrogens with one attached hydrogen (secondary N) is 2. The number of amides is 1. The van der Waals surface area contributed by atoms with Crippen molar-refractivity contribution in [2.45, 2.75) is 32.6 Å². The maximum atomic E-state index is 12.5. The molecule has 5 nitrogen and oxygen atoms in total. The Morgan fingerprint density at radius 1 is 0.957 bits per heavy atom. The van der Waals surface area contributed by atoms with Crippen molar-refractivity contribution in [3.05, 3.63) is 53.1 Å². The second-order valence-corrected chi connectivity index (χ2v) is 7.27. The van der Waals surface area contributed by atoms with E-state index in [4.69, 9.17) is 0 Å². The average molecular weight is 332 g/mol. The predicted molar refractivity (Wildman–Crippen MR) is 92.2 cm³/mol. The summed E-state index contributed by atoms with van der Waals surface area (Å²) in [4.78, 5) is 11.1. The van der Waals surface area contributed by atoms with E-state index < -0.39 is 10.0 Å². The van der Waals surface area contributed by atoms with E-state index in [1.807, 2.05) is 32.9 Å². The van der Waals surface area contributed by atoms with Gasteiger partial charge in [-0.15, -0.1) is 0 Å². The number of hydrogen-bond donors (Lipinski definition) is 2. The van der Waals surface area contributed by atoms with Crippen molar-refractivity contribution in [3.63, 3.8) is 0 Å². The molecule has 0 atom stereocenters.